The van der Waals surface area contributed by atoms with Crippen LogP contribution in [0.5, 0.6) is 23.0 Å². The highest BCUT2D eigenvalue weighted by molar-refractivity contribution is 6.09. The molecule has 0 amide bonds. The quantitative estimate of drug-likeness (QED) is 0.173. The largest absolute Gasteiger partial charge is 0.455 e. The molecule has 1 spiro atoms. The van der Waals surface area contributed by atoms with Crippen LogP contribution in [0.4, 0.5) is 17.1 Å². The smallest absolute Gasteiger partial charge is 0.170 e. The normalized spacial score (nSPS) is 13.3. The summed E-state index contributed by atoms with van der Waals surface area (Å²) in [6, 6.07) is 79.9. The predicted molar refractivity (Wildman–Crippen MR) is 262 cm³/mol. The molecule has 0 atom stereocenters. The van der Waals surface area contributed by atoms with Gasteiger partial charge in [-0.1, -0.05) is 158 Å². The maximum atomic E-state index is 6.84. The molecule has 1 aliphatic heterocycles. The maximum Gasteiger partial charge on any atom is 0.170 e. The first-order valence-electron chi connectivity index (χ1n) is 22.1. The van der Waals surface area contributed by atoms with Gasteiger partial charge in [0.1, 0.15) is 11.2 Å². The van der Waals surface area contributed by atoms with Gasteiger partial charge in [0.25, 0.3) is 0 Å². The lowest BCUT2D eigenvalue weighted by Crippen LogP contribution is -2.25. The number of ether oxygens (including phenoxy) is 2. The molecule has 0 saturated carbocycles. The monoisotopic (exact) mass is 831 g/mol. The van der Waals surface area contributed by atoms with Gasteiger partial charge in [-0.3, -0.25) is 0 Å². The number of para-hydroxylation sites is 3. The minimum absolute atomic E-state index is 0.452. The van der Waals surface area contributed by atoms with Crippen LogP contribution in [0.25, 0.3) is 66.4 Å². The molecular formula is C61H37NO3. The Kier molecular flexibility index (Phi) is 7.57. The third-order valence-corrected chi connectivity index (χ3v) is 13.7. The zero-order valence-electron chi connectivity index (χ0n) is 35.0. The number of furan rings is 1. The van der Waals surface area contributed by atoms with Crippen molar-refractivity contribution in [3.05, 3.63) is 247 Å². The van der Waals surface area contributed by atoms with E-state index in [9.17, 15) is 0 Å². The topological polar surface area (TPSA) is 34.8 Å². The van der Waals surface area contributed by atoms with E-state index in [-0.39, 0.29) is 0 Å². The molecule has 65 heavy (non-hydrogen) atoms. The summed E-state index contributed by atoms with van der Waals surface area (Å²) in [4.78, 5) is 2.30. The molecule has 1 aromatic heterocycles. The summed E-state index contributed by atoms with van der Waals surface area (Å²) in [5.41, 5.74) is 18.8. The fourth-order valence-electron chi connectivity index (χ4n) is 11.0. The first kappa shape index (κ1) is 35.9. The summed E-state index contributed by atoms with van der Waals surface area (Å²) in [5.74, 6) is 2.81. The number of fused-ring (bicyclic) bond motifs is 15. The standard InChI is InChI=1S/C61H37NO3/c1-2-15-41(16-3-1)62(42-31-28-38(29-32-42)44-22-13-23-49-48-21-7-11-27-55(48)65-60(44)49)43-17-12-14-39(34-43)40-30-33-56-57(35-40)64-58-36-50-47-20-6-10-26-53(47)61(54(50)37-59(58)63-56)51-24-8-4-18-45(51)46-19-5-9-25-52(46)61/h1-37H. The number of hydrogen-bond acceptors (Lipinski definition) is 4. The Bertz CT molecular complexity index is 3690. The summed E-state index contributed by atoms with van der Waals surface area (Å²) in [7, 11) is 0. The maximum absolute atomic E-state index is 6.84. The van der Waals surface area contributed by atoms with E-state index < -0.39 is 5.41 Å². The van der Waals surface area contributed by atoms with Crippen molar-refractivity contribution in [2.24, 2.45) is 0 Å². The Morgan fingerprint density at radius 2 is 0.846 bits per heavy atom. The Hall–Kier alpha value is -8.60. The number of benzene rings is 10. The van der Waals surface area contributed by atoms with E-state index in [0.717, 1.165) is 67.0 Å². The Morgan fingerprint density at radius 3 is 1.62 bits per heavy atom. The SMILES string of the molecule is c1ccc(N(c2ccc(-c3cccc4c3oc3ccccc34)cc2)c2cccc(-c3ccc4c(c3)Oc3cc5c(cc3O4)C3(c4ccccc4-c4ccccc43)c3ccccc3-5)c2)cc1. The molecule has 0 saturated heterocycles. The van der Waals surface area contributed by atoms with E-state index in [1.54, 1.807) is 0 Å². The molecule has 2 aliphatic carbocycles. The second-order valence-corrected chi connectivity index (χ2v) is 17.1. The van der Waals surface area contributed by atoms with Crippen LogP contribution in [0.2, 0.25) is 0 Å². The first-order chi connectivity index (χ1) is 32.2. The number of hydrogen-bond donors (Lipinski definition) is 0. The van der Waals surface area contributed by atoms with Crippen molar-refractivity contribution < 1.29 is 13.9 Å². The molecule has 0 N–H and O–H groups in total. The molecular weight excluding hydrogens is 795 g/mol. The van der Waals surface area contributed by atoms with Crippen molar-refractivity contribution in [3.8, 4) is 67.5 Å². The second kappa shape index (κ2) is 13.7. The van der Waals surface area contributed by atoms with Gasteiger partial charge in [-0.25, -0.2) is 0 Å². The minimum atomic E-state index is -0.452. The molecule has 0 bridgehead atoms. The predicted octanol–water partition coefficient (Wildman–Crippen LogP) is 16.6. The number of nitrogens with zero attached hydrogens (tertiary/aromatic N) is 1. The van der Waals surface area contributed by atoms with Gasteiger partial charge in [-0.05, 0) is 128 Å². The van der Waals surface area contributed by atoms with Crippen molar-refractivity contribution in [1.82, 2.24) is 0 Å². The fraction of sp³-hybridized carbons (Fsp3) is 0.0164. The number of rotatable bonds is 5. The van der Waals surface area contributed by atoms with Crippen LogP contribution in [-0.2, 0) is 5.41 Å². The van der Waals surface area contributed by atoms with Crippen LogP contribution < -0.4 is 14.4 Å². The summed E-state index contributed by atoms with van der Waals surface area (Å²) in [6.45, 7) is 0. The highest BCUT2D eigenvalue weighted by Crippen LogP contribution is 2.64. The van der Waals surface area contributed by atoms with Crippen molar-refractivity contribution >= 4 is 39.0 Å². The summed E-state index contributed by atoms with van der Waals surface area (Å²) in [5, 5.41) is 2.25. The lowest BCUT2D eigenvalue weighted by Gasteiger charge is -2.31. The average Bonchev–Trinajstić information content (AvgIpc) is 4.00. The third-order valence-electron chi connectivity index (χ3n) is 13.7. The molecule has 10 aromatic carbocycles. The van der Waals surface area contributed by atoms with Gasteiger partial charge in [-0.15, -0.1) is 0 Å². The van der Waals surface area contributed by atoms with E-state index in [2.05, 4.69) is 211 Å². The minimum Gasteiger partial charge on any atom is -0.455 e. The molecule has 14 rings (SSSR count). The van der Waals surface area contributed by atoms with Crippen LogP contribution in [0.15, 0.2) is 229 Å². The fourth-order valence-corrected chi connectivity index (χ4v) is 11.0. The summed E-state index contributed by atoms with van der Waals surface area (Å²) in [6.07, 6.45) is 0. The van der Waals surface area contributed by atoms with Crippen LogP contribution in [0.3, 0.4) is 0 Å². The second-order valence-electron chi connectivity index (χ2n) is 17.1. The Morgan fingerprint density at radius 1 is 0.308 bits per heavy atom. The average molecular weight is 832 g/mol. The zero-order valence-corrected chi connectivity index (χ0v) is 35.0. The molecule has 0 radical (unpaired) electrons. The van der Waals surface area contributed by atoms with E-state index in [4.69, 9.17) is 13.9 Å². The van der Waals surface area contributed by atoms with E-state index in [1.165, 1.54) is 44.5 Å². The zero-order chi connectivity index (χ0) is 42.6. The van der Waals surface area contributed by atoms with Crippen molar-refractivity contribution in [3.63, 3.8) is 0 Å². The van der Waals surface area contributed by atoms with Crippen LogP contribution >= 0.6 is 0 Å². The molecule has 304 valence electrons. The van der Waals surface area contributed by atoms with Gasteiger partial charge in [0.2, 0.25) is 0 Å². The first-order valence-corrected chi connectivity index (χ1v) is 22.1. The van der Waals surface area contributed by atoms with E-state index in [0.29, 0.717) is 17.2 Å². The lowest BCUT2D eigenvalue weighted by atomic mass is 9.70. The van der Waals surface area contributed by atoms with Crippen molar-refractivity contribution in [1.29, 1.82) is 0 Å². The molecule has 3 aliphatic rings. The molecule has 4 nitrogen and oxygen atoms in total. The van der Waals surface area contributed by atoms with Gasteiger partial charge >= 0.3 is 0 Å². The molecule has 0 unspecified atom stereocenters. The number of anilines is 3. The van der Waals surface area contributed by atoms with Crippen molar-refractivity contribution in [2.75, 3.05) is 4.90 Å². The van der Waals surface area contributed by atoms with Gasteiger partial charge in [-0.2, -0.15) is 0 Å². The van der Waals surface area contributed by atoms with Crippen LogP contribution in [0.1, 0.15) is 22.3 Å². The van der Waals surface area contributed by atoms with E-state index in [1.807, 2.05) is 18.2 Å². The van der Waals surface area contributed by atoms with Gasteiger partial charge in [0.05, 0.1) is 5.41 Å². The van der Waals surface area contributed by atoms with Gasteiger partial charge in [0, 0.05) is 33.4 Å². The molecule has 11 aromatic rings. The van der Waals surface area contributed by atoms with E-state index >= 15 is 0 Å². The summed E-state index contributed by atoms with van der Waals surface area (Å²) < 4.78 is 20.0. The Labute approximate surface area is 375 Å². The van der Waals surface area contributed by atoms with Gasteiger partial charge in [0.15, 0.2) is 23.0 Å². The summed E-state index contributed by atoms with van der Waals surface area (Å²) >= 11 is 0. The van der Waals surface area contributed by atoms with Crippen LogP contribution in [-0.4, -0.2) is 0 Å². The van der Waals surface area contributed by atoms with Crippen molar-refractivity contribution in [2.45, 2.75) is 5.41 Å². The highest BCUT2D eigenvalue weighted by Gasteiger charge is 2.52. The molecule has 4 heteroatoms. The Balaban J connectivity index is 0.820. The molecule has 0 fully saturated rings. The highest BCUT2D eigenvalue weighted by atomic mass is 16.6. The van der Waals surface area contributed by atoms with Crippen LogP contribution in [0, 0.1) is 0 Å². The molecule has 2 heterocycles. The lowest BCUT2D eigenvalue weighted by molar-refractivity contribution is 0.359. The third kappa shape index (κ3) is 5.19. The van der Waals surface area contributed by atoms with Gasteiger partial charge < -0.3 is 18.8 Å².